The van der Waals surface area contributed by atoms with Crippen LogP contribution in [0.4, 0.5) is 46.3 Å². The van der Waals surface area contributed by atoms with E-state index in [0.29, 0.717) is 30.0 Å². The number of ether oxygens (including phenoxy) is 2. The van der Waals surface area contributed by atoms with Gasteiger partial charge in [0.15, 0.2) is 17.3 Å². The van der Waals surface area contributed by atoms with Gasteiger partial charge in [-0.1, -0.05) is 36.7 Å². The summed E-state index contributed by atoms with van der Waals surface area (Å²) in [7, 11) is 0.262. The third kappa shape index (κ3) is 6.89. The molecule has 0 saturated carbocycles. The number of carbonyl (C=O) groups is 2. The monoisotopic (exact) mass is 863 g/mol. The van der Waals surface area contributed by atoms with Gasteiger partial charge in [-0.15, -0.1) is 0 Å². The quantitative estimate of drug-likeness (QED) is 0.136. The largest absolute Gasteiger partial charge is 0.454 e. The third-order valence-electron chi connectivity index (χ3n) is 13.4. The number of aromatic nitrogens is 6. The summed E-state index contributed by atoms with van der Waals surface area (Å²) in [5.41, 5.74) is 7.07. The molecule has 2 N–H and O–H groups in total. The lowest BCUT2D eigenvalue weighted by Crippen LogP contribution is -2.54. The van der Waals surface area contributed by atoms with E-state index in [-0.39, 0.29) is 31.2 Å². The molecule has 0 bridgehead atoms. The van der Waals surface area contributed by atoms with Crippen LogP contribution in [0.25, 0.3) is 11.0 Å². The van der Waals surface area contributed by atoms with E-state index in [2.05, 4.69) is 83.6 Å². The van der Waals surface area contributed by atoms with Gasteiger partial charge in [0.2, 0.25) is 30.4 Å². The average Bonchev–Trinajstić information content (AvgIpc) is 4.02. The number of carbonyl (C=O) groups excluding carboxylic acids is 2. The van der Waals surface area contributed by atoms with Crippen LogP contribution in [0.1, 0.15) is 24.0 Å². The Hall–Kier alpha value is -5.41. The molecule has 2 aromatic carbocycles. The van der Waals surface area contributed by atoms with Crippen molar-refractivity contribution in [3.8, 4) is 11.5 Å². The predicted molar refractivity (Wildman–Crippen MR) is 239 cm³/mol. The molecule has 3 unspecified atom stereocenters. The molecular formula is C41H51N12O4SSi2+. The highest BCUT2D eigenvalue weighted by atomic mass is 32.1. The van der Waals surface area contributed by atoms with E-state index in [1.165, 1.54) is 17.8 Å². The van der Waals surface area contributed by atoms with Gasteiger partial charge in [0.1, 0.15) is 34.6 Å². The number of nitrogens with one attached hydrogen (secondary N) is 2. The number of hydrogen-bond donors (Lipinski definition) is 2. The fourth-order valence-corrected chi connectivity index (χ4v) is 17.5. The van der Waals surface area contributed by atoms with Crippen molar-refractivity contribution in [2.45, 2.75) is 88.8 Å². The van der Waals surface area contributed by atoms with Crippen molar-refractivity contribution >= 4 is 97.0 Å². The maximum Gasteiger partial charge on any atom is 0.398 e. The van der Waals surface area contributed by atoms with Crippen molar-refractivity contribution in [3.05, 3.63) is 47.8 Å². The molecule has 16 nitrogen and oxygen atoms in total. The maximum atomic E-state index is 13.7. The first-order valence-corrected chi connectivity index (χ1v) is 28.0. The summed E-state index contributed by atoms with van der Waals surface area (Å²) in [6.07, 6.45) is 6.72. The summed E-state index contributed by atoms with van der Waals surface area (Å²) < 4.78 is 22.5. The van der Waals surface area contributed by atoms with Crippen molar-refractivity contribution in [1.29, 1.82) is 0 Å². The molecule has 312 valence electrons. The maximum absolute atomic E-state index is 13.7. The van der Waals surface area contributed by atoms with Crippen LogP contribution in [-0.4, -0.2) is 97.7 Å². The standard InChI is InChI=1S/C41H50N12O4SSi2/c1-24-12-30-31(48-58-47-30)14-28(24)44-41-46-39-33(50(4)37(55)19-52(39)26-8-10-59(5,6)20-26)17-51(41)22-60(7)11-9-27(21-60)53-18-36(54)49(3)32-16-42-40(45-38(32)53)43-29-15-35-34(13-25(29)2)56-23-57-35/h12-17,26-27H,8-11,18-23H2,1-7H3,(H,42,43,45)/p+1. The molecule has 0 aliphatic carbocycles. The van der Waals surface area contributed by atoms with E-state index in [4.69, 9.17) is 19.4 Å². The zero-order valence-electron chi connectivity index (χ0n) is 35.2. The van der Waals surface area contributed by atoms with E-state index in [1.54, 1.807) is 23.0 Å². The van der Waals surface area contributed by atoms with E-state index < -0.39 is 16.1 Å². The van der Waals surface area contributed by atoms with Gasteiger partial charge in [-0.2, -0.15) is 13.7 Å². The number of rotatable bonds is 8. The van der Waals surface area contributed by atoms with Gasteiger partial charge < -0.3 is 34.4 Å². The van der Waals surface area contributed by atoms with Gasteiger partial charge in [0.25, 0.3) is 0 Å². The second-order valence-electron chi connectivity index (χ2n) is 18.4. The Morgan fingerprint density at radius 3 is 2.17 bits per heavy atom. The Bertz CT molecular complexity index is 2590. The minimum absolute atomic E-state index is 0.0154. The summed E-state index contributed by atoms with van der Waals surface area (Å²) in [6.45, 7) is 12.2. The van der Waals surface area contributed by atoms with Gasteiger partial charge in [-0.3, -0.25) is 9.59 Å². The summed E-state index contributed by atoms with van der Waals surface area (Å²) in [5, 5.41) is 7.15. The molecule has 3 aromatic heterocycles. The molecule has 5 aliphatic heterocycles. The Morgan fingerprint density at radius 2 is 1.43 bits per heavy atom. The van der Waals surface area contributed by atoms with Gasteiger partial charge in [-0.05, 0) is 62.0 Å². The second kappa shape index (κ2) is 14.4. The minimum Gasteiger partial charge on any atom is -0.454 e. The fraction of sp³-hybridized carbons (Fsp3) is 0.463. The molecule has 3 atom stereocenters. The molecule has 10 rings (SSSR count). The lowest BCUT2D eigenvalue weighted by molar-refractivity contribution is -0.668. The van der Waals surface area contributed by atoms with E-state index in [0.717, 1.165) is 99.7 Å². The Balaban J connectivity index is 0.975. The van der Waals surface area contributed by atoms with E-state index in [9.17, 15) is 9.59 Å². The number of nitrogens with zero attached hydrogens (tertiary/aromatic N) is 10. The molecule has 0 radical (unpaired) electrons. The Morgan fingerprint density at radius 1 is 0.800 bits per heavy atom. The molecule has 8 heterocycles. The molecule has 60 heavy (non-hydrogen) atoms. The molecule has 2 fully saturated rings. The number of aryl methyl sites for hydroxylation is 2. The highest BCUT2D eigenvalue weighted by Crippen LogP contribution is 2.44. The van der Waals surface area contributed by atoms with Gasteiger partial charge >= 0.3 is 5.95 Å². The van der Waals surface area contributed by atoms with Crippen molar-refractivity contribution in [2.75, 3.05) is 64.2 Å². The van der Waals surface area contributed by atoms with Crippen LogP contribution in [0.5, 0.6) is 11.5 Å². The number of anilines is 8. The SMILES string of the molecule is Cc1cc2c(cc1Nc1ncc3c(n1)N(C1CC[Si](C)(C[n+]4cc5c(nc4Nc4cc6nsnc6cc4C)N(C4CC[Si](C)(C)C4)CC(=O)N5C)C1)CC(=O)N3C)OCO2. The summed E-state index contributed by atoms with van der Waals surface area (Å²) in [5.74, 6) is 4.32. The van der Waals surface area contributed by atoms with Gasteiger partial charge in [0.05, 0.1) is 44.9 Å². The van der Waals surface area contributed by atoms with Gasteiger partial charge in [-0.25, -0.2) is 14.9 Å². The summed E-state index contributed by atoms with van der Waals surface area (Å²) in [6, 6.07) is 12.8. The molecule has 5 aliphatic rings. The van der Waals surface area contributed by atoms with Gasteiger partial charge in [0, 0.05) is 52.1 Å². The zero-order valence-corrected chi connectivity index (χ0v) is 38.0. The van der Waals surface area contributed by atoms with Crippen LogP contribution >= 0.6 is 11.7 Å². The predicted octanol–water partition coefficient (Wildman–Crippen LogP) is 6.13. The molecular weight excluding hydrogens is 813 g/mol. The first-order chi connectivity index (χ1) is 28.7. The molecule has 19 heteroatoms. The average molecular weight is 864 g/mol. The minimum atomic E-state index is -2.07. The number of fused-ring (bicyclic) bond motifs is 4. The normalized spacial score (nSPS) is 23.1. The van der Waals surface area contributed by atoms with E-state index in [1.807, 2.05) is 26.1 Å². The number of likely N-dealkylation sites (N-methyl/N-ethyl adjacent to an activating group) is 2. The first-order valence-electron chi connectivity index (χ1n) is 20.8. The van der Waals surface area contributed by atoms with Crippen molar-refractivity contribution in [3.63, 3.8) is 0 Å². The topological polar surface area (TPSA) is 158 Å². The number of amides is 2. The number of hydrogen-bond acceptors (Lipinski definition) is 14. The highest BCUT2D eigenvalue weighted by Gasteiger charge is 2.46. The number of benzene rings is 2. The van der Waals surface area contributed by atoms with Crippen molar-refractivity contribution in [2.24, 2.45) is 0 Å². The summed E-state index contributed by atoms with van der Waals surface area (Å²) in [4.78, 5) is 50.3. The van der Waals surface area contributed by atoms with E-state index >= 15 is 0 Å². The lowest BCUT2D eigenvalue weighted by Gasteiger charge is -2.38. The summed E-state index contributed by atoms with van der Waals surface area (Å²) >= 11 is 1.22. The second-order valence-corrected chi connectivity index (χ2v) is 29.0. The fourth-order valence-electron chi connectivity index (χ4n) is 9.82. The van der Waals surface area contributed by atoms with Crippen LogP contribution in [0.15, 0.2) is 36.7 Å². The van der Waals surface area contributed by atoms with Crippen LogP contribution in [0, 0.1) is 13.8 Å². The van der Waals surface area contributed by atoms with Crippen LogP contribution in [0.3, 0.4) is 0 Å². The van der Waals surface area contributed by atoms with Crippen molar-refractivity contribution < 1.29 is 23.6 Å². The molecule has 5 aromatic rings. The highest BCUT2D eigenvalue weighted by molar-refractivity contribution is 7.00. The first kappa shape index (κ1) is 38.8. The third-order valence-corrected chi connectivity index (χ3v) is 21.2. The molecule has 0 spiro atoms. The van der Waals surface area contributed by atoms with Crippen molar-refractivity contribution in [1.82, 2.24) is 23.7 Å². The Kier molecular flexibility index (Phi) is 9.28. The van der Waals surface area contributed by atoms with Crippen LogP contribution in [0.2, 0.25) is 43.8 Å². The smallest absolute Gasteiger partial charge is 0.398 e. The zero-order chi connectivity index (χ0) is 41.7. The Labute approximate surface area is 355 Å². The lowest BCUT2D eigenvalue weighted by atomic mass is 10.1. The molecule has 2 saturated heterocycles. The molecule has 2 amide bonds. The van der Waals surface area contributed by atoms with Crippen LogP contribution in [-0.2, 0) is 15.8 Å². The van der Waals surface area contributed by atoms with Crippen LogP contribution < -0.4 is 44.3 Å².